The maximum Gasteiger partial charge on any atom is 0.320 e. The highest BCUT2D eigenvalue weighted by molar-refractivity contribution is 7.89. The Kier molecular flexibility index (Phi) is 18.4. The molecule has 19 nitrogen and oxygen atoms in total. The largest absolute Gasteiger partial charge is 0.549 e. The predicted octanol–water partition coefficient (Wildman–Crippen LogP) is -3.23. The highest BCUT2D eigenvalue weighted by Crippen LogP contribution is 2.37. The van der Waals surface area contributed by atoms with Gasteiger partial charge in [-0.15, -0.1) is 0 Å². The standard InChI is InChI=1S/C36H53N7O12S/c1-2-3-11-38-28-21-26(22-30(56(37,53)54)34(28)55-27-8-5-4-6-9-27)35(50)39-12-7-10-29(36(51)52)43-19-17-41(24-32(46)47)15-13-40(23-31(44)45)14-16-42(18-20-43)25-33(48)49/h4-6,8-9,21-22,29,38H,2-3,7,10-20,23-25H2,1H3,(H,39,50)(H,44,45)(H,46,47)(H,48,49)(H,51,52)(H2,37,53,54)/p-3. The maximum atomic E-state index is 13.4. The maximum absolute atomic E-state index is 13.4. The number of nitrogens with zero attached hydrogens (tertiary/aromatic N) is 4. The lowest BCUT2D eigenvalue weighted by Gasteiger charge is -2.36. The van der Waals surface area contributed by atoms with Gasteiger partial charge in [-0.3, -0.25) is 29.2 Å². The van der Waals surface area contributed by atoms with E-state index in [1.54, 1.807) is 35.2 Å². The fraction of sp³-hybridized carbons (Fsp3) is 0.528. The third-order valence-electron chi connectivity index (χ3n) is 9.03. The molecule has 2 aromatic rings. The summed E-state index contributed by atoms with van der Waals surface area (Å²) in [5, 5.41) is 56.0. The van der Waals surface area contributed by atoms with Gasteiger partial charge in [0.25, 0.3) is 5.91 Å². The number of anilines is 1. The van der Waals surface area contributed by atoms with Gasteiger partial charge in [0, 0.05) is 90.6 Å². The Bertz CT molecular complexity index is 1720. The van der Waals surface area contributed by atoms with Gasteiger partial charge < -0.3 is 50.2 Å². The number of carboxylic acids is 4. The van der Waals surface area contributed by atoms with Crippen molar-refractivity contribution in [2.24, 2.45) is 5.14 Å². The molecule has 1 fully saturated rings. The summed E-state index contributed by atoms with van der Waals surface area (Å²) >= 11 is 0. The Morgan fingerprint density at radius 3 is 1.79 bits per heavy atom. The molecule has 0 aromatic heterocycles. The molecule has 1 unspecified atom stereocenters. The Hall–Kier alpha value is -4.86. The number of hydrogen-bond donors (Lipinski definition) is 4. The number of nitrogens with one attached hydrogen (secondary N) is 2. The number of primary sulfonamides is 1. The molecule has 310 valence electrons. The van der Waals surface area contributed by atoms with Crippen molar-refractivity contribution >= 4 is 45.5 Å². The number of aliphatic carboxylic acids is 4. The highest BCUT2D eigenvalue weighted by Gasteiger charge is 2.28. The van der Waals surface area contributed by atoms with E-state index in [0.29, 0.717) is 12.3 Å². The van der Waals surface area contributed by atoms with E-state index in [0.717, 1.165) is 18.9 Å². The lowest BCUT2D eigenvalue weighted by molar-refractivity contribution is -0.308. The Balaban J connectivity index is 1.79. The lowest BCUT2D eigenvalue weighted by atomic mass is 10.1. The van der Waals surface area contributed by atoms with Crippen molar-refractivity contribution in [3.63, 3.8) is 0 Å². The Morgan fingerprint density at radius 1 is 0.804 bits per heavy atom. The Labute approximate surface area is 326 Å². The number of ether oxygens (including phenoxy) is 1. The second-order valence-corrected chi connectivity index (χ2v) is 14.9. The number of benzene rings is 2. The number of nitrogens with two attached hydrogens (primary N) is 1. The van der Waals surface area contributed by atoms with Crippen LogP contribution in [0.1, 0.15) is 43.0 Å². The number of carboxylic acid groups (broad SMARTS) is 4. The normalized spacial score (nSPS) is 16.2. The number of carbonyl (C=O) groups excluding carboxylic acids is 4. The second kappa shape index (κ2) is 22.6. The van der Waals surface area contributed by atoms with E-state index < -0.39 is 70.4 Å². The molecule has 1 amide bonds. The molecule has 2 aromatic carbocycles. The van der Waals surface area contributed by atoms with Gasteiger partial charge in [0.2, 0.25) is 10.0 Å². The summed E-state index contributed by atoms with van der Waals surface area (Å²) in [6.45, 7) is 1.64. The summed E-state index contributed by atoms with van der Waals surface area (Å²) in [4.78, 5) is 66.0. The first-order valence-corrected chi connectivity index (χ1v) is 19.8. The molecule has 0 saturated carbocycles. The molecule has 1 aliphatic rings. The van der Waals surface area contributed by atoms with Gasteiger partial charge in [-0.05, 0) is 43.5 Å². The van der Waals surface area contributed by atoms with Crippen LogP contribution >= 0.6 is 0 Å². The predicted molar refractivity (Wildman–Crippen MR) is 197 cm³/mol. The SMILES string of the molecule is CCCCNc1cc(C(=O)NCCCC(C(=O)O)N2CCN(CC(=O)[O-])CCN(CC(=O)[O-])CCN(CC(=O)[O-])CC2)cc(S(N)(=O)=O)c1Oc1ccccc1. The number of carbonyl (C=O) groups is 5. The molecule has 1 saturated heterocycles. The average molecular weight is 805 g/mol. The van der Waals surface area contributed by atoms with Crippen LogP contribution in [0.5, 0.6) is 11.5 Å². The number of sulfonamides is 1. The van der Waals surface area contributed by atoms with Gasteiger partial charge in [-0.1, -0.05) is 31.5 Å². The van der Waals surface area contributed by atoms with E-state index in [1.807, 2.05) is 6.92 Å². The molecule has 0 aliphatic carbocycles. The van der Waals surface area contributed by atoms with Crippen LogP contribution in [0.4, 0.5) is 5.69 Å². The van der Waals surface area contributed by atoms with E-state index in [2.05, 4.69) is 10.6 Å². The highest BCUT2D eigenvalue weighted by atomic mass is 32.2. The third kappa shape index (κ3) is 15.7. The molecular weight excluding hydrogens is 754 g/mol. The molecule has 0 spiro atoms. The second-order valence-electron chi connectivity index (χ2n) is 13.3. The molecule has 5 N–H and O–H groups in total. The summed E-state index contributed by atoms with van der Waals surface area (Å²) in [5.74, 6) is -5.69. The van der Waals surface area contributed by atoms with Crippen molar-refractivity contribution in [3.8, 4) is 11.5 Å². The van der Waals surface area contributed by atoms with Crippen LogP contribution in [0.15, 0.2) is 47.4 Å². The molecule has 56 heavy (non-hydrogen) atoms. The summed E-state index contributed by atoms with van der Waals surface area (Å²) in [7, 11) is -4.39. The lowest BCUT2D eigenvalue weighted by Crippen LogP contribution is -2.53. The van der Waals surface area contributed by atoms with Gasteiger partial charge in [-0.2, -0.15) is 0 Å². The van der Waals surface area contributed by atoms with Crippen LogP contribution in [-0.2, 0) is 29.2 Å². The van der Waals surface area contributed by atoms with Gasteiger partial charge in [0.05, 0.1) is 23.6 Å². The van der Waals surface area contributed by atoms with E-state index in [-0.39, 0.29) is 88.7 Å². The Morgan fingerprint density at radius 2 is 1.32 bits per heavy atom. The smallest absolute Gasteiger partial charge is 0.320 e. The summed E-state index contributed by atoms with van der Waals surface area (Å²) in [6, 6.07) is 9.88. The van der Waals surface area contributed by atoms with E-state index in [4.69, 9.17) is 9.88 Å². The van der Waals surface area contributed by atoms with Gasteiger partial charge >= 0.3 is 5.97 Å². The quantitative estimate of drug-likeness (QED) is 0.0958. The molecule has 1 atom stereocenters. The van der Waals surface area contributed by atoms with Crippen LogP contribution in [-0.4, -0.2) is 154 Å². The summed E-state index contributed by atoms with van der Waals surface area (Å²) < 4.78 is 31.4. The molecule has 0 bridgehead atoms. The fourth-order valence-corrected chi connectivity index (χ4v) is 6.84. The fourth-order valence-electron chi connectivity index (χ4n) is 6.14. The van der Waals surface area contributed by atoms with Crippen LogP contribution in [0, 0.1) is 0 Å². The molecule has 20 heteroatoms. The molecule has 1 aliphatic heterocycles. The van der Waals surface area contributed by atoms with Gasteiger partial charge in [0.1, 0.15) is 16.7 Å². The van der Waals surface area contributed by atoms with Crippen molar-refractivity contribution in [1.82, 2.24) is 24.9 Å². The number of amides is 1. The average Bonchev–Trinajstić information content (AvgIpc) is 3.11. The topological polar surface area (TPSA) is 281 Å². The number of unbranched alkanes of at least 4 members (excludes halogenated alkanes) is 1. The van der Waals surface area contributed by atoms with E-state index >= 15 is 0 Å². The van der Waals surface area contributed by atoms with Crippen molar-refractivity contribution in [2.75, 3.05) is 90.4 Å². The van der Waals surface area contributed by atoms with Crippen LogP contribution in [0.3, 0.4) is 0 Å². The van der Waals surface area contributed by atoms with Crippen molar-refractivity contribution in [1.29, 1.82) is 0 Å². The molecular formula is C36H50N7O12S-3. The minimum absolute atomic E-state index is 0.0100. The minimum atomic E-state index is -4.39. The van der Waals surface area contributed by atoms with Crippen LogP contribution in [0.2, 0.25) is 0 Å². The molecule has 3 rings (SSSR count). The zero-order chi connectivity index (χ0) is 41.3. The van der Waals surface area contributed by atoms with Gasteiger partial charge in [-0.25, -0.2) is 13.6 Å². The first-order chi connectivity index (χ1) is 26.6. The van der Waals surface area contributed by atoms with Gasteiger partial charge in [0.15, 0.2) is 5.75 Å². The number of rotatable bonds is 20. The number of para-hydroxylation sites is 1. The zero-order valence-corrected chi connectivity index (χ0v) is 32.2. The van der Waals surface area contributed by atoms with Crippen LogP contribution in [0.25, 0.3) is 0 Å². The zero-order valence-electron chi connectivity index (χ0n) is 31.4. The van der Waals surface area contributed by atoms with Crippen molar-refractivity contribution in [2.45, 2.75) is 43.5 Å². The van der Waals surface area contributed by atoms with Crippen molar-refractivity contribution < 1.29 is 57.6 Å². The number of hydrogen-bond acceptors (Lipinski definition) is 16. The first-order valence-electron chi connectivity index (χ1n) is 18.3. The monoisotopic (exact) mass is 804 g/mol. The van der Waals surface area contributed by atoms with Crippen molar-refractivity contribution in [3.05, 3.63) is 48.0 Å². The summed E-state index contributed by atoms with van der Waals surface area (Å²) in [6.07, 6.45) is 1.74. The van der Waals surface area contributed by atoms with E-state index in [1.165, 1.54) is 20.8 Å². The minimum Gasteiger partial charge on any atom is -0.549 e. The van der Waals surface area contributed by atoms with E-state index in [9.17, 15) is 52.8 Å². The first kappa shape index (κ1) is 45.5. The molecule has 0 radical (unpaired) electrons. The summed E-state index contributed by atoms with van der Waals surface area (Å²) in [5.41, 5.74) is 0.192. The molecule has 1 heterocycles. The third-order valence-corrected chi connectivity index (χ3v) is 9.94. The van der Waals surface area contributed by atoms with Crippen LogP contribution < -0.4 is 35.8 Å².